The second-order valence-electron chi connectivity index (χ2n) is 6.52. The number of rotatable bonds is 6. The van der Waals surface area contributed by atoms with Crippen molar-refractivity contribution < 1.29 is 9.53 Å². The zero-order valence-corrected chi connectivity index (χ0v) is 15.9. The van der Waals surface area contributed by atoms with E-state index >= 15 is 0 Å². The number of carbonyl (C=O) groups excluding carboxylic acids is 1. The van der Waals surface area contributed by atoms with Crippen LogP contribution in [-0.4, -0.2) is 48.5 Å². The largest absolute Gasteiger partial charge is 0.493 e. The van der Waals surface area contributed by atoms with Crippen LogP contribution in [0.4, 0.5) is 0 Å². The van der Waals surface area contributed by atoms with Crippen LogP contribution in [0.3, 0.4) is 0 Å². The molecule has 3 rings (SSSR count). The minimum Gasteiger partial charge on any atom is -0.493 e. The summed E-state index contributed by atoms with van der Waals surface area (Å²) < 4.78 is 5.60. The second-order valence-corrected chi connectivity index (χ2v) is 6.95. The van der Waals surface area contributed by atoms with E-state index in [9.17, 15) is 4.79 Å². The molecular weight excluding hydrogens is 362 g/mol. The Labute approximate surface area is 164 Å². The van der Waals surface area contributed by atoms with E-state index < -0.39 is 0 Å². The molecule has 5 nitrogen and oxygen atoms in total. The van der Waals surface area contributed by atoms with Gasteiger partial charge in [0.2, 0.25) is 5.91 Å². The van der Waals surface area contributed by atoms with Crippen LogP contribution in [0.1, 0.15) is 17.5 Å². The standard InChI is InChI=1S/C21H22ClN3O2/c22-19-5-7-20(8-6-19)27-14-9-21(26)25-12-10-24(11-13-25)16-18-3-1-17(15-23)2-4-18/h1-8H,9-14,16H2. The Morgan fingerprint density at radius 2 is 1.70 bits per heavy atom. The summed E-state index contributed by atoms with van der Waals surface area (Å²) in [5.74, 6) is 0.849. The van der Waals surface area contributed by atoms with Gasteiger partial charge in [0.05, 0.1) is 24.7 Å². The molecule has 0 atom stereocenters. The Bertz CT molecular complexity index is 792. The maximum absolute atomic E-state index is 12.4. The first-order chi connectivity index (χ1) is 13.1. The van der Waals surface area contributed by atoms with Crippen molar-refractivity contribution in [2.24, 2.45) is 0 Å². The van der Waals surface area contributed by atoms with Crippen molar-refractivity contribution >= 4 is 17.5 Å². The molecule has 0 spiro atoms. The third-order valence-electron chi connectivity index (χ3n) is 4.61. The van der Waals surface area contributed by atoms with Crippen molar-refractivity contribution in [1.29, 1.82) is 5.26 Å². The lowest BCUT2D eigenvalue weighted by atomic mass is 10.1. The number of hydrogen-bond donors (Lipinski definition) is 0. The van der Waals surface area contributed by atoms with Gasteiger partial charge in [-0.2, -0.15) is 5.26 Å². The summed E-state index contributed by atoms with van der Waals surface area (Å²) in [6, 6.07) is 16.9. The lowest BCUT2D eigenvalue weighted by Crippen LogP contribution is -2.48. The summed E-state index contributed by atoms with van der Waals surface area (Å²) >= 11 is 5.84. The average Bonchev–Trinajstić information content (AvgIpc) is 2.70. The summed E-state index contributed by atoms with van der Waals surface area (Å²) in [5.41, 5.74) is 1.86. The summed E-state index contributed by atoms with van der Waals surface area (Å²) in [6.07, 6.45) is 0.373. The molecule has 1 fully saturated rings. The first kappa shape index (κ1) is 19.2. The molecule has 1 aliphatic rings. The SMILES string of the molecule is N#Cc1ccc(CN2CCN(C(=O)CCOc3ccc(Cl)cc3)CC2)cc1. The fourth-order valence-corrected chi connectivity index (χ4v) is 3.17. The highest BCUT2D eigenvalue weighted by atomic mass is 35.5. The Hall–Kier alpha value is -2.55. The minimum atomic E-state index is 0.127. The lowest BCUT2D eigenvalue weighted by Gasteiger charge is -2.34. The van der Waals surface area contributed by atoms with E-state index in [0.717, 1.165) is 38.5 Å². The van der Waals surface area contributed by atoms with E-state index in [-0.39, 0.29) is 5.91 Å². The van der Waals surface area contributed by atoms with Gasteiger partial charge in [0.15, 0.2) is 0 Å². The van der Waals surface area contributed by atoms with Gasteiger partial charge in [0.25, 0.3) is 0 Å². The number of halogens is 1. The Morgan fingerprint density at radius 1 is 1.04 bits per heavy atom. The van der Waals surface area contributed by atoms with Gasteiger partial charge < -0.3 is 9.64 Å². The molecule has 2 aromatic carbocycles. The fraction of sp³-hybridized carbons (Fsp3) is 0.333. The normalized spacial score (nSPS) is 14.6. The van der Waals surface area contributed by atoms with Crippen LogP contribution >= 0.6 is 11.6 Å². The fourth-order valence-electron chi connectivity index (χ4n) is 3.04. The number of benzene rings is 2. The lowest BCUT2D eigenvalue weighted by molar-refractivity contribution is -0.133. The third-order valence-corrected chi connectivity index (χ3v) is 4.86. The van der Waals surface area contributed by atoms with Crippen molar-refractivity contribution in [2.45, 2.75) is 13.0 Å². The number of amides is 1. The summed E-state index contributed by atoms with van der Waals surface area (Å²) in [5, 5.41) is 9.52. The molecule has 0 bridgehead atoms. The van der Waals surface area contributed by atoms with Crippen LogP contribution < -0.4 is 4.74 Å². The molecule has 0 N–H and O–H groups in total. The molecule has 140 valence electrons. The van der Waals surface area contributed by atoms with Gasteiger partial charge in [0, 0.05) is 37.7 Å². The van der Waals surface area contributed by atoms with E-state index in [4.69, 9.17) is 21.6 Å². The predicted molar refractivity (Wildman–Crippen MR) is 105 cm³/mol. The molecule has 0 unspecified atom stereocenters. The zero-order valence-electron chi connectivity index (χ0n) is 15.1. The molecule has 1 amide bonds. The average molecular weight is 384 g/mol. The summed E-state index contributed by atoms with van der Waals surface area (Å²) in [7, 11) is 0. The molecule has 0 aliphatic carbocycles. The zero-order chi connectivity index (χ0) is 19.1. The highest BCUT2D eigenvalue weighted by Crippen LogP contribution is 2.16. The maximum atomic E-state index is 12.4. The number of nitriles is 1. The van der Waals surface area contributed by atoms with Gasteiger partial charge >= 0.3 is 0 Å². The molecule has 27 heavy (non-hydrogen) atoms. The van der Waals surface area contributed by atoms with Crippen molar-refractivity contribution in [2.75, 3.05) is 32.8 Å². The highest BCUT2D eigenvalue weighted by molar-refractivity contribution is 6.30. The van der Waals surface area contributed by atoms with Crippen LogP contribution in [0, 0.1) is 11.3 Å². The first-order valence-electron chi connectivity index (χ1n) is 9.01. The number of ether oxygens (including phenoxy) is 1. The van der Waals surface area contributed by atoms with Gasteiger partial charge in [-0.1, -0.05) is 23.7 Å². The number of piperazine rings is 1. The van der Waals surface area contributed by atoms with Crippen LogP contribution in [-0.2, 0) is 11.3 Å². The quantitative estimate of drug-likeness (QED) is 0.767. The van der Waals surface area contributed by atoms with E-state index in [2.05, 4.69) is 11.0 Å². The van der Waals surface area contributed by atoms with Crippen molar-refractivity contribution in [3.05, 3.63) is 64.7 Å². The van der Waals surface area contributed by atoms with Crippen LogP contribution in [0.25, 0.3) is 0 Å². The van der Waals surface area contributed by atoms with Crippen molar-refractivity contribution in [3.8, 4) is 11.8 Å². The van der Waals surface area contributed by atoms with E-state index in [1.54, 1.807) is 24.3 Å². The van der Waals surface area contributed by atoms with E-state index in [1.807, 2.05) is 29.2 Å². The Balaban J connectivity index is 1.38. The van der Waals surface area contributed by atoms with Gasteiger partial charge in [-0.05, 0) is 42.0 Å². The number of nitrogens with zero attached hydrogens (tertiary/aromatic N) is 3. The molecule has 1 heterocycles. The minimum absolute atomic E-state index is 0.127. The van der Waals surface area contributed by atoms with Crippen LogP contribution in [0.5, 0.6) is 5.75 Å². The molecule has 1 saturated heterocycles. The maximum Gasteiger partial charge on any atom is 0.226 e. The third kappa shape index (κ3) is 5.72. The van der Waals surface area contributed by atoms with Crippen molar-refractivity contribution in [1.82, 2.24) is 9.80 Å². The molecule has 0 saturated carbocycles. The Kier molecular flexibility index (Phi) is 6.69. The highest BCUT2D eigenvalue weighted by Gasteiger charge is 2.20. The molecule has 0 aromatic heterocycles. The number of carbonyl (C=O) groups is 1. The monoisotopic (exact) mass is 383 g/mol. The topological polar surface area (TPSA) is 56.6 Å². The molecule has 1 aliphatic heterocycles. The Morgan fingerprint density at radius 3 is 2.33 bits per heavy atom. The van der Waals surface area contributed by atoms with Gasteiger partial charge in [-0.3, -0.25) is 9.69 Å². The second kappa shape index (κ2) is 9.40. The molecule has 0 radical (unpaired) electrons. The van der Waals surface area contributed by atoms with Gasteiger partial charge in [-0.25, -0.2) is 0 Å². The molecular formula is C21H22ClN3O2. The summed E-state index contributed by atoms with van der Waals surface area (Å²) in [6.45, 7) is 4.37. The van der Waals surface area contributed by atoms with E-state index in [1.165, 1.54) is 5.56 Å². The summed E-state index contributed by atoms with van der Waals surface area (Å²) in [4.78, 5) is 16.6. The molecule has 2 aromatic rings. The van der Waals surface area contributed by atoms with Crippen LogP contribution in [0.2, 0.25) is 5.02 Å². The van der Waals surface area contributed by atoms with Crippen LogP contribution in [0.15, 0.2) is 48.5 Å². The molecule has 6 heteroatoms. The van der Waals surface area contributed by atoms with Gasteiger partial charge in [0.1, 0.15) is 5.75 Å². The predicted octanol–water partition coefficient (Wildman–Crippen LogP) is 3.32. The smallest absolute Gasteiger partial charge is 0.226 e. The van der Waals surface area contributed by atoms with Gasteiger partial charge in [-0.15, -0.1) is 0 Å². The number of hydrogen-bond acceptors (Lipinski definition) is 4. The first-order valence-corrected chi connectivity index (χ1v) is 9.39. The van der Waals surface area contributed by atoms with Crippen molar-refractivity contribution in [3.63, 3.8) is 0 Å². The van der Waals surface area contributed by atoms with E-state index in [0.29, 0.717) is 23.6 Å².